The van der Waals surface area contributed by atoms with Gasteiger partial charge in [0.05, 0.1) is 5.92 Å². The largest absolute Gasteiger partial charge is 0.352 e. The molecule has 0 aromatic heterocycles. The first kappa shape index (κ1) is 21.4. The molecule has 31 heavy (non-hydrogen) atoms. The molecule has 4 rings (SSSR count). The van der Waals surface area contributed by atoms with Crippen LogP contribution in [0.1, 0.15) is 41.6 Å². The van der Waals surface area contributed by atoms with Crippen LogP contribution in [0.25, 0.3) is 0 Å². The molecular weight excluding hydrogens is 414 g/mol. The lowest BCUT2D eigenvalue weighted by Gasteiger charge is -2.32. The molecule has 3 amide bonds. The molecule has 162 valence electrons. The number of piperidine rings is 1. The summed E-state index contributed by atoms with van der Waals surface area (Å²) in [5.41, 5.74) is 2.47. The van der Waals surface area contributed by atoms with Crippen LogP contribution in [0, 0.1) is 5.92 Å². The smallest absolute Gasteiger partial charge is 0.253 e. The zero-order valence-corrected chi connectivity index (χ0v) is 18.1. The zero-order chi connectivity index (χ0) is 21.8. The maximum absolute atomic E-state index is 12.7. The van der Waals surface area contributed by atoms with Gasteiger partial charge in [0.1, 0.15) is 0 Å². The minimum absolute atomic E-state index is 0.0348. The van der Waals surface area contributed by atoms with Crippen LogP contribution in [-0.4, -0.2) is 42.3 Å². The Morgan fingerprint density at radius 2 is 1.74 bits per heavy atom. The fraction of sp³-hybridized carbons (Fsp3) is 0.375. The summed E-state index contributed by atoms with van der Waals surface area (Å²) in [5.74, 6) is -0.156. The molecule has 2 aromatic rings. The van der Waals surface area contributed by atoms with Crippen molar-refractivity contribution in [3.05, 3.63) is 64.7 Å². The molecule has 0 saturated carbocycles. The van der Waals surface area contributed by atoms with Gasteiger partial charge in [-0.05, 0) is 61.2 Å². The Morgan fingerprint density at radius 3 is 2.42 bits per heavy atom. The van der Waals surface area contributed by atoms with Crippen molar-refractivity contribution < 1.29 is 14.4 Å². The second kappa shape index (κ2) is 9.52. The number of benzene rings is 2. The van der Waals surface area contributed by atoms with Gasteiger partial charge in [0, 0.05) is 48.9 Å². The van der Waals surface area contributed by atoms with Gasteiger partial charge in [-0.15, -0.1) is 0 Å². The topological polar surface area (TPSA) is 69.7 Å². The lowest BCUT2D eigenvalue weighted by Crippen LogP contribution is -2.45. The zero-order valence-electron chi connectivity index (χ0n) is 17.4. The number of likely N-dealkylation sites (tertiary alicyclic amines) is 1. The molecule has 2 heterocycles. The molecule has 0 bridgehead atoms. The summed E-state index contributed by atoms with van der Waals surface area (Å²) in [5, 5.41) is 3.59. The lowest BCUT2D eigenvalue weighted by molar-refractivity contribution is -0.126. The van der Waals surface area contributed by atoms with Gasteiger partial charge in [-0.3, -0.25) is 14.4 Å². The number of hydrogen-bond donors (Lipinski definition) is 1. The van der Waals surface area contributed by atoms with Gasteiger partial charge < -0.3 is 15.1 Å². The third-order valence-electron chi connectivity index (χ3n) is 5.96. The normalized spacial score (nSPS) is 18.9. The summed E-state index contributed by atoms with van der Waals surface area (Å²) in [4.78, 5) is 40.9. The van der Waals surface area contributed by atoms with Crippen molar-refractivity contribution in [2.45, 2.75) is 32.2 Å². The predicted octanol–water partition coefficient (Wildman–Crippen LogP) is 3.64. The van der Waals surface area contributed by atoms with Crippen molar-refractivity contribution in [2.24, 2.45) is 5.92 Å². The van der Waals surface area contributed by atoms with Crippen molar-refractivity contribution in [1.82, 2.24) is 10.2 Å². The Bertz CT molecular complexity index is 959. The molecule has 0 spiro atoms. The molecule has 2 aromatic carbocycles. The van der Waals surface area contributed by atoms with E-state index in [9.17, 15) is 14.4 Å². The number of amides is 3. The van der Waals surface area contributed by atoms with Crippen molar-refractivity contribution in [3.8, 4) is 0 Å². The Hall–Kier alpha value is -2.86. The lowest BCUT2D eigenvalue weighted by atomic mass is 9.96. The van der Waals surface area contributed by atoms with Crippen LogP contribution in [0.15, 0.2) is 48.5 Å². The van der Waals surface area contributed by atoms with Gasteiger partial charge in [-0.2, -0.15) is 0 Å². The molecule has 0 aliphatic carbocycles. The monoisotopic (exact) mass is 439 g/mol. The summed E-state index contributed by atoms with van der Waals surface area (Å²) >= 11 is 5.90. The number of carbonyl (C=O) groups excluding carboxylic acids is 3. The highest BCUT2D eigenvalue weighted by Gasteiger charge is 2.29. The number of nitrogens with zero attached hydrogens (tertiary/aromatic N) is 2. The summed E-state index contributed by atoms with van der Waals surface area (Å²) in [6, 6.07) is 14.6. The van der Waals surface area contributed by atoms with E-state index in [0.29, 0.717) is 36.6 Å². The molecule has 6 nitrogen and oxygen atoms in total. The Kier molecular flexibility index (Phi) is 6.56. The number of anilines is 1. The summed E-state index contributed by atoms with van der Waals surface area (Å²) < 4.78 is 0. The molecule has 2 aliphatic rings. The fourth-order valence-electron chi connectivity index (χ4n) is 4.20. The van der Waals surface area contributed by atoms with Crippen molar-refractivity contribution >= 4 is 35.0 Å². The first-order valence-corrected chi connectivity index (χ1v) is 11.1. The van der Waals surface area contributed by atoms with Gasteiger partial charge in [0.2, 0.25) is 11.8 Å². The van der Waals surface area contributed by atoms with Crippen LogP contribution in [0.5, 0.6) is 0 Å². The highest BCUT2D eigenvalue weighted by molar-refractivity contribution is 6.30. The average Bonchev–Trinajstić information content (AvgIpc) is 3.23. The molecule has 0 unspecified atom stereocenters. The first-order valence-electron chi connectivity index (χ1n) is 10.7. The molecule has 1 atom stereocenters. The molecular formula is C24H26ClN3O3. The van der Waals surface area contributed by atoms with E-state index >= 15 is 0 Å². The number of rotatable bonds is 5. The first-order chi connectivity index (χ1) is 15.0. The van der Waals surface area contributed by atoms with E-state index in [0.717, 1.165) is 37.1 Å². The van der Waals surface area contributed by atoms with E-state index < -0.39 is 0 Å². The molecule has 2 aliphatic heterocycles. The molecule has 0 radical (unpaired) electrons. The van der Waals surface area contributed by atoms with Crippen LogP contribution >= 0.6 is 11.6 Å². The number of halogens is 1. The summed E-state index contributed by atoms with van der Waals surface area (Å²) in [7, 11) is 0. The second-order valence-electron chi connectivity index (χ2n) is 8.13. The van der Waals surface area contributed by atoms with Gasteiger partial charge in [-0.1, -0.05) is 23.7 Å². The molecule has 1 N–H and O–H groups in total. The minimum atomic E-state index is -0.216. The van der Waals surface area contributed by atoms with E-state index in [4.69, 9.17) is 11.6 Å². The van der Waals surface area contributed by atoms with E-state index in [-0.39, 0.29) is 23.6 Å². The maximum atomic E-state index is 12.7. The predicted molar refractivity (Wildman–Crippen MR) is 120 cm³/mol. The van der Waals surface area contributed by atoms with Crippen molar-refractivity contribution in [2.75, 3.05) is 24.5 Å². The second-order valence-corrected chi connectivity index (χ2v) is 8.57. The number of nitrogens with one attached hydrogen (secondary N) is 1. The van der Waals surface area contributed by atoms with Gasteiger partial charge >= 0.3 is 0 Å². The molecule has 2 fully saturated rings. The van der Waals surface area contributed by atoms with E-state index in [1.54, 1.807) is 34.1 Å². The summed E-state index contributed by atoms with van der Waals surface area (Å²) in [6.07, 6.45) is 3.08. The SMILES string of the molecule is O=C(NCc1ccc(N2CCCC2=O)cc1)[C@H]1CCCN(C(=O)c2ccc(Cl)cc2)C1. The van der Waals surface area contributed by atoms with Crippen LogP contribution in [-0.2, 0) is 16.1 Å². The molecule has 7 heteroatoms. The highest BCUT2D eigenvalue weighted by Crippen LogP contribution is 2.22. The standard InChI is InChI=1S/C24H26ClN3O3/c25-20-9-7-18(8-10-20)24(31)27-13-1-3-19(16-27)23(30)26-15-17-5-11-21(12-6-17)28-14-2-4-22(28)29/h5-12,19H,1-4,13-16H2,(H,26,30)/t19-/m0/s1. The Labute approximate surface area is 187 Å². The average molecular weight is 440 g/mol. The third kappa shape index (κ3) is 5.07. The number of hydrogen-bond acceptors (Lipinski definition) is 3. The van der Waals surface area contributed by atoms with Gasteiger partial charge in [0.25, 0.3) is 5.91 Å². The quantitative estimate of drug-likeness (QED) is 0.773. The fourth-order valence-corrected chi connectivity index (χ4v) is 4.33. The van der Waals surface area contributed by atoms with E-state index in [2.05, 4.69) is 5.32 Å². The van der Waals surface area contributed by atoms with E-state index in [1.165, 1.54) is 0 Å². The maximum Gasteiger partial charge on any atom is 0.253 e. The van der Waals surface area contributed by atoms with Crippen LogP contribution in [0.3, 0.4) is 0 Å². The summed E-state index contributed by atoms with van der Waals surface area (Å²) in [6.45, 7) is 2.27. The number of carbonyl (C=O) groups is 3. The Morgan fingerprint density at radius 1 is 1.00 bits per heavy atom. The minimum Gasteiger partial charge on any atom is -0.352 e. The van der Waals surface area contributed by atoms with Crippen LogP contribution in [0.4, 0.5) is 5.69 Å². The molecule has 2 saturated heterocycles. The van der Waals surface area contributed by atoms with Crippen molar-refractivity contribution in [3.63, 3.8) is 0 Å². The van der Waals surface area contributed by atoms with Crippen LogP contribution < -0.4 is 10.2 Å². The van der Waals surface area contributed by atoms with Gasteiger partial charge in [0.15, 0.2) is 0 Å². The third-order valence-corrected chi connectivity index (χ3v) is 6.21. The highest BCUT2D eigenvalue weighted by atomic mass is 35.5. The van der Waals surface area contributed by atoms with Gasteiger partial charge in [-0.25, -0.2) is 0 Å². The van der Waals surface area contributed by atoms with Crippen molar-refractivity contribution in [1.29, 1.82) is 0 Å². The Balaban J connectivity index is 1.30. The van der Waals surface area contributed by atoms with Crippen LogP contribution in [0.2, 0.25) is 5.02 Å². The van der Waals surface area contributed by atoms with E-state index in [1.807, 2.05) is 24.3 Å².